The normalized spacial score (nSPS) is 11.5. The Morgan fingerprint density at radius 1 is 1.31 bits per heavy atom. The molecule has 5 nitrogen and oxygen atoms in total. The lowest BCUT2D eigenvalue weighted by Gasteiger charge is -1.98. The van der Waals surface area contributed by atoms with Crippen LogP contribution in [0.2, 0.25) is 0 Å². The maximum atomic E-state index is 10.6. The van der Waals surface area contributed by atoms with Crippen LogP contribution >= 0.6 is 0 Å². The van der Waals surface area contributed by atoms with Crippen LogP contribution in [0.1, 0.15) is 10.4 Å². The van der Waals surface area contributed by atoms with Crippen LogP contribution in [0.4, 0.5) is 0 Å². The highest BCUT2D eigenvalue weighted by atomic mass is 32.2. The molecule has 13 heavy (non-hydrogen) atoms. The van der Waals surface area contributed by atoms with Crippen molar-refractivity contribution in [3.8, 4) is 0 Å². The zero-order chi connectivity index (χ0) is 9.14. The van der Waals surface area contributed by atoms with E-state index in [9.17, 15) is 9.00 Å². The van der Waals surface area contributed by atoms with Crippen LogP contribution in [0, 0.1) is 0 Å². The van der Waals surface area contributed by atoms with Gasteiger partial charge in [-0.05, 0) is 12.1 Å². The van der Waals surface area contributed by atoms with Crippen LogP contribution in [0.3, 0.4) is 0 Å². The zero-order valence-corrected chi connectivity index (χ0v) is 7.45. The van der Waals surface area contributed by atoms with Gasteiger partial charge in [0.05, 0.1) is 10.5 Å². The van der Waals surface area contributed by atoms with E-state index in [0.717, 1.165) is 0 Å². The van der Waals surface area contributed by atoms with Crippen molar-refractivity contribution < 1.29 is 18.7 Å². The van der Waals surface area contributed by atoms with E-state index in [-0.39, 0.29) is 16.6 Å². The first kappa shape index (κ1) is 11.8. The lowest BCUT2D eigenvalue weighted by molar-refractivity contribution is 0.0692. The van der Waals surface area contributed by atoms with Gasteiger partial charge in [0.15, 0.2) is 11.1 Å². The zero-order valence-electron chi connectivity index (χ0n) is 6.64. The molecular weight excluding hydrogens is 194 g/mol. The molecule has 6 heteroatoms. The van der Waals surface area contributed by atoms with Crippen molar-refractivity contribution in [2.75, 3.05) is 0 Å². The number of benzene rings is 1. The number of aromatic carboxylic acids is 1. The number of hydrogen-bond acceptors (Lipinski definition) is 3. The summed E-state index contributed by atoms with van der Waals surface area (Å²) in [5, 5.41) is 8.57. The van der Waals surface area contributed by atoms with Crippen molar-refractivity contribution in [1.29, 1.82) is 0 Å². The SMILES string of the molecule is N.O=C(O)c1ccccc1S(=O)O. The summed E-state index contributed by atoms with van der Waals surface area (Å²) in [5.41, 5.74) is -0.140. The molecule has 0 bridgehead atoms. The van der Waals surface area contributed by atoms with Crippen LogP contribution in [0.25, 0.3) is 0 Å². The van der Waals surface area contributed by atoms with E-state index in [2.05, 4.69) is 0 Å². The molecule has 0 aromatic heterocycles. The van der Waals surface area contributed by atoms with Crippen molar-refractivity contribution in [2.45, 2.75) is 4.90 Å². The Bertz CT molecular complexity index is 306. The molecule has 0 aliphatic heterocycles. The Morgan fingerprint density at radius 3 is 2.23 bits per heavy atom. The number of carbonyl (C=O) groups is 1. The second-order valence-corrected chi connectivity index (χ2v) is 2.99. The molecule has 72 valence electrons. The number of carboxylic acids is 1. The van der Waals surface area contributed by atoms with Gasteiger partial charge in [0.1, 0.15) is 0 Å². The largest absolute Gasteiger partial charge is 0.478 e. The van der Waals surface area contributed by atoms with Gasteiger partial charge in [0, 0.05) is 0 Å². The van der Waals surface area contributed by atoms with Crippen molar-refractivity contribution in [2.24, 2.45) is 0 Å². The Hall–Kier alpha value is -1.24. The third kappa shape index (κ3) is 2.62. The molecule has 1 unspecified atom stereocenters. The van der Waals surface area contributed by atoms with Gasteiger partial charge in [0.25, 0.3) is 0 Å². The van der Waals surface area contributed by atoms with E-state index in [1.807, 2.05) is 0 Å². The highest BCUT2D eigenvalue weighted by molar-refractivity contribution is 7.79. The lowest BCUT2D eigenvalue weighted by atomic mass is 10.2. The molecule has 1 aromatic rings. The average molecular weight is 203 g/mol. The highest BCUT2D eigenvalue weighted by Crippen LogP contribution is 2.11. The quantitative estimate of drug-likeness (QED) is 0.624. The van der Waals surface area contributed by atoms with E-state index < -0.39 is 17.0 Å². The summed E-state index contributed by atoms with van der Waals surface area (Å²) in [7, 11) is 0. The van der Waals surface area contributed by atoms with Crippen molar-refractivity contribution in [3.05, 3.63) is 29.8 Å². The Kier molecular flexibility index (Phi) is 4.26. The van der Waals surface area contributed by atoms with Crippen LogP contribution < -0.4 is 6.15 Å². The van der Waals surface area contributed by atoms with Crippen molar-refractivity contribution in [3.63, 3.8) is 0 Å². The van der Waals surface area contributed by atoms with Crippen LogP contribution in [-0.4, -0.2) is 19.8 Å². The monoisotopic (exact) mass is 203 g/mol. The summed E-state index contributed by atoms with van der Waals surface area (Å²) in [6.07, 6.45) is 0. The first-order valence-corrected chi connectivity index (χ1v) is 4.17. The maximum Gasteiger partial charge on any atom is 0.337 e. The predicted octanol–water partition coefficient (Wildman–Crippen LogP) is 1.13. The van der Waals surface area contributed by atoms with E-state index >= 15 is 0 Å². The summed E-state index contributed by atoms with van der Waals surface area (Å²) in [6.45, 7) is 0. The van der Waals surface area contributed by atoms with Gasteiger partial charge in [-0.2, -0.15) is 0 Å². The molecular formula is C7H9NO4S. The molecule has 1 rings (SSSR count). The van der Waals surface area contributed by atoms with Crippen LogP contribution in [-0.2, 0) is 11.1 Å². The van der Waals surface area contributed by atoms with Crippen molar-refractivity contribution >= 4 is 17.0 Å². The van der Waals surface area contributed by atoms with E-state index in [1.54, 1.807) is 0 Å². The van der Waals surface area contributed by atoms with Gasteiger partial charge in [-0.1, -0.05) is 12.1 Å². The Labute approximate surface area is 77.3 Å². The molecule has 1 atom stereocenters. The molecule has 0 amide bonds. The molecule has 0 saturated heterocycles. The fourth-order valence-electron chi connectivity index (χ4n) is 0.796. The second kappa shape index (κ2) is 4.70. The first-order valence-electron chi connectivity index (χ1n) is 3.06. The maximum absolute atomic E-state index is 10.6. The van der Waals surface area contributed by atoms with Gasteiger partial charge in [-0.15, -0.1) is 0 Å². The number of rotatable bonds is 2. The lowest BCUT2D eigenvalue weighted by Crippen LogP contribution is -2.02. The van der Waals surface area contributed by atoms with E-state index in [0.29, 0.717) is 0 Å². The van der Waals surface area contributed by atoms with Crippen molar-refractivity contribution in [1.82, 2.24) is 6.15 Å². The molecule has 0 radical (unpaired) electrons. The van der Waals surface area contributed by atoms with E-state index in [1.165, 1.54) is 24.3 Å². The molecule has 0 saturated carbocycles. The fourth-order valence-corrected chi connectivity index (χ4v) is 1.33. The summed E-state index contributed by atoms with van der Waals surface area (Å²) >= 11 is -2.24. The standard InChI is InChI=1S/C7H6O4S.H3N/c8-7(9)5-3-1-2-4-6(5)12(10)11;/h1-4H,(H,8,9)(H,10,11);1H3. The third-order valence-electron chi connectivity index (χ3n) is 1.31. The summed E-state index contributed by atoms with van der Waals surface area (Å²) < 4.78 is 19.2. The minimum Gasteiger partial charge on any atom is -0.478 e. The minimum absolute atomic E-state index is 0. The van der Waals surface area contributed by atoms with Gasteiger partial charge in [-0.25, -0.2) is 9.00 Å². The van der Waals surface area contributed by atoms with Crippen LogP contribution in [0.15, 0.2) is 29.2 Å². The summed E-state index contributed by atoms with van der Waals surface area (Å²) in [5.74, 6) is -1.20. The second-order valence-electron chi connectivity index (χ2n) is 2.05. The van der Waals surface area contributed by atoms with E-state index in [4.69, 9.17) is 9.66 Å². The predicted molar refractivity (Wildman–Crippen MR) is 47.5 cm³/mol. The Morgan fingerprint density at radius 2 is 1.85 bits per heavy atom. The average Bonchev–Trinajstić information content (AvgIpc) is 2.04. The molecule has 0 aliphatic rings. The van der Waals surface area contributed by atoms with Gasteiger partial charge < -0.3 is 15.8 Å². The van der Waals surface area contributed by atoms with Gasteiger partial charge >= 0.3 is 5.97 Å². The van der Waals surface area contributed by atoms with Crippen LogP contribution in [0.5, 0.6) is 0 Å². The molecule has 0 fully saturated rings. The minimum atomic E-state index is -2.24. The number of carboxylic acid groups (broad SMARTS) is 1. The third-order valence-corrected chi connectivity index (χ3v) is 2.04. The van der Waals surface area contributed by atoms with Gasteiger partial charge in [0.2, 0.25) is 0 Å². The van der Waals surface area contributed by atoms with Gasteiger partial charge in [-0.3, -0.25) is 0 Å². The summed E-state index contributed by atoms with van der Waals surface area (Å²) in [6, 6.07) is 5.60. The molecule has 0 heterocycles. The fraction of sp³-hybridized carbons (Fsp3) is 0. The Balaban J connectivity index is 0.00000144. The summed E-state index contributed by atoms with van der Waals surface area (Å²) in [4.78, 5) is 10.4. The molecule has 0 aliphatic carbocycles. The molecule has 0 spiro atoms. The first-order chi connectivity index (χ1) is 5.63. The topological polar surface area (TPSA) is 110 Å². The molecule has 1 aromatic carbocycles. The highest BCUT2D eigenvalue weighted by Gasteiger charge is 2.12. The molecule has 5 N–H and O–H groups in total. The smallest absolute Gasteiger partial charge is 0.337 e. The number of hydrogen-bond donors (Lipinski definition) is 3.